The van der Waals surface area contributed by atoms with Gasteiger partial charge in [0.1, 0.15) is 5.75 Å². The Bertz CT molecular complexity index is 935. The molecule has 22 heavy (non-hydrogen) atoms. The number of rotatable bonds is 4. The number of nitrogens with one attached hydrogen (secondary N) is 2. The van der Waals surface area contributed by atoms with Crippen molar-refractivity contribution >= 4 is 38.2 Å². The van der Waals surface area contributed by atoms with Crippen molar-refractivity contribution in [2.45, 2.75) is 4.90 Å². The van der Waals surface area contributed by atoms with Crippen molar-refractivity contribution in [1.82, 2.24) is 4.98 Å². The molecule has 0 unspecified atom stereocenters. The van der Waals surface area contributed by atoms with Crippen LogP contribution in [0.5, 0.6) is 5.75 Å². The van der Waals surface area contributed by atoms with E-state index in [0.717, 1.165) is 10.9 Å². The van der Waals surface area contributed by atoms with Crippen LogP contribution < -0.4 is 9.46 Å². The lowest BCUT2D eigenvalue weighted by Gasteiger charge is -2.10. The molecule has 2 N–H and O–H groups in total. The average Bonchev–Trinajstić information content (AvgIpc) is 2.94. The number of hydrogen-bond acceptors (Lipinski definition) is 3. The number of ether oxygens (including phenoxy) is 1. The van der Waals surface area contributed by atoms with Gasteiger partial charge < -0.3 is 9.72 Å². The summed E-state index contributed by atoms with van der Waals surface area (Å²) in [5.74, 6) is 0.424. The van der Waals surface area contributed by atoms with Crippen molar-refractivity contribution in [3.8, 4) is 5.75 Å². The van der Waals surface area contributed by atoms with Gasteiger partial charge in [0.25, 0.3) is 10.0 Å². The van der Waals surface area contributed by atoms with Crippen LogP contribution >= 0.6 is 11.6 Å². The van der Waals surface area contributed by atoms with Crippen LogP contribution in [0.4, 0.5) is 5.69 Å². The van der Waals surface area contributed by atoms with Gasteiger partial charge in [0.05, 0.1) is 22.7 Å². The summed E-state index contributed by atoms with van der Waals surface area (Å²) < 4.78 is 32.4. The van der Waals surface area contributed by atoms with Gasteiger partial charge in [-0.2, -0.15) is 0 Å². The molecule has 0 saturated heterocycles. The summed E-state index contributed by atoms with van der Waals surface area (Å²) in [5.41, 5.74) is 1.33. The van der Waals surface area contributed by atoms with E-state index in [2.05, 4.69) is 9.71 Å². The largest absolute Gasteiger partial charge is 0.495 e. The molecule has 1 aromatic heterocycles. The molecular weight excluding hydrogens is 324 g/mol. The van der Waals surface area contributed by atoms with Gasteiger partial charge in [0.2, 0.25) is 0 Å². The zero-order valence-corrected chi connectivity index (χ0v) is 13.2. The topological polar surface area (TPSA) is 71.2 Å². The smallest absolute Gasteiger partial charge is 0.261 e. The third-order valence-electron chi connectivity index (χ3n) is 3.24. The van der Waals surface area contributed by atoms with E-state index in [0.29, 0.717) is 11.4 Å². The van der Waals surface area contributed by atoms with Crippen LogP contribution in [0.2, 0.25) is 5.02 Å². The van der Waals surface area contributed by atoms with Gasteiger partial charge in [-0.1, -0.05) is 17.7 Å². The molecule has 0 radical (unpaired) electrons. The minimum Gasteiger partial charge on any atom is -0.495 e. The van der Waals surface area contributed by atoms with Crippen molar-refractivity contribution in [3.05, 3.63) is 53.7 Å². The summed E-state index contributed by atoms with van der Waals surface area (Å²) in [6.45, 7) is 0. The zero-order valence-electron chi connectivity index (χ0n) is 11.6. The van der Waals surface area contributed by atoms with Crippen molar-refractivity contribution in [1.29, 1.82) is 0 Å². The normalized spacial score (nSPS) is 11.5. The molecule has 3 rings (SSSR count). The minimum atomic E-state index is -3.72. The van der Waals surface area contributed by atoms with Crippen molar-refractivity contribution in [3.63, 3.8) is 0 Å². The summed E-state index contributed by atoms with van der Waals surface area (Å²) in [7, 11) is -2.24. The minimum absolute atomic E-state index is 0.0740. The highest BCUT2D eigenvalue weighted by molar-refractivity contribution is 7.92. The number of methoxy groups -OCH3 is 1. The molecule has 0 saturated carbocycles. The highest BCUT2D eigenvalue weighted by Gasteiger charge is 2.16. The van der Waals surface area contributed by atoms with Crippen LogP contribution in [0, 0.1) is 0 Å². The molecule has 3 aromatic rings. The number of anilines is 1. The first-order chi connectivity index (χ1) is 10.5. The first-order valence-electron chi connectivity index (χ1n) is 6.43. The molecule has 0 bridgehead atoms. The summed E-state index contributed by atoms with van der Waals surface area (Å²) >= 11 is 5.98. The maximum atomic E-state index is 12.4. The molecule has 0 spiro atoms. The quantitative estimate of drug-likeness (QED) is 0.764. The van der Waals surface area contributed by atoms with Gasteiger partial charge in [-0.05, 0) is 41.8 Å². The third kappa shape index (κ3) is 2.75. The lowest BCUT2D eigenvalue weighted by Crippen LogP contribution is -2.12. The van der Waals surface area contributed by atoms with Gasteiger partial charge in [-0.3, -0.25) is 4.72 Å². The number of hydrogen-bond donors (Lipinski definition) is 2. The van der Waals surface area contributed by atoms with Crippen LogP contribution in [0.15, 0.2) is 53.6 Å². The maximum Gasteiger partial charge on any atom is 0.261 e. The number of aromatic nitrogens is 1. The van der Waals surface area contributed by atoms with Gasteiger partial charge >= 0.3 is 0 Å². The monoisotopic (exact) mass is 336 g/mol. The van der Waals surface area contributed by atoms with E-state index in [-0.39, 0.29) is 9.92 Å². The van der Waals surface area contributed by atoms with Crippen LogP contribution in [-0.4, -0.2) is 20.5 Å². The Balaban J connectivity index is 1.93. The number of H-pyrrole nitrogens is 1. The summed E-state index contributed by atoms with van der Waals surface area (Å²) in [6.07, 6.45) is 1.80. The Hall–Kier alpha value is -2.18. The SMILES string of the molecule is COc1ccc(S(=O)(=O)Nc2ccc3cc[nH]c3c2)cc1Cl. The predicted molar refractivity (Wildman–Crippen MR) is 87.1 cm³/mol. The Morgan fingerprint density at radius 1 is 1.14 bits per heavy atom. The highest BCUT2D eigenvalue weighted by Crippen LogP contribution is 2.28. The fourth-order valence-corrected chi connectivity index (χ4v) is 3.54. The van der Waals surface area contributed by atoms with Crippen molar-refractivity contribution < 1.29 is 13.2 Å². The second-order valence-corrected chi connectivity index (χ2v) is 6.77. The average molecular weight is 337 g/mol. The van der Waals surface area contributed by atoms with Crippen LogP contribution in [0.1, 0.15) is 0 Å². The van der Waals surface area contributed by atoms with Crippen molar-refractivity contribution in [2.75, 3.05) is 11.8 Å². The summed E-state index contributed by atoms with van der Waals surface area (Å²) in [4.78, 5) is 3.11. The number of aromatic amines is 1. The molecule has 5 nitrogen and oxygen atoms in total. The highest BCUT2D eigenvalue weighted by atomic mass is 35.5. The van der Waals surface area contributed by atoms with Gasteiger partial charge in [-0.25, -0.2) is 8.42 Å². The second-order valence-electron chi connectivity index (χ2n) is 4.68. The molecule has 114 valence electrons. The fraction of sp³-hybridized carbons (Fsp3) is 0.0667. The molecular formula is C15H13ClN2O3S. The second kappa shape index (κ2) is 5.55. The van der Waals surface area contributed by atoms with E-state index in [1.54, 1.807) is 18.3 Å². The molecule has 7 heteroatoms. The van der Waals surface area contributed by atoms with Crippen molar-refractivity contribution in [2.24, 2.45) is 0 Å². The molecule has 0 atom stereocenters. The summed E-state index contributed by atoms with van der Waals surface area (Å²) in [6, 6.07) is 11.5. The van der Waals surface area contributed by atoms with Crippen LogP contribution in [0.25, 0.3) is 10.9 Å². The molecule has 2 aromatic carbocycles. The molecule has 1 heterocycles. The molecule has 0 fully saturated rings. The van der Waals surface area contributed by atoms with E-state index in [4.69, 9.17) is 16.3 Å². The molecule has 0 aliphatic heterocycles. The number of halogens is 1. The van der Waals surface area contributed by atoms with E-state index in [9.17, 15) is 8.42 Å². The fourth-order valence-electron chi connectivity index (χ4n) is 2.14. The van der Waals surface area contributed by atoms with Crippen LogP contribution in [0.3, 0.4) is 0 Å². The first-order valence-corrected chi connectivity index (χ1v) is 8.29. The Kier molecular flexibility index (Phi) is 3.72. The number of sulfonamides is 1. The van der Waals surface area contributed by atoms with E-state index in [1.807, 2.05) is 12.1 Å². The van der Waals surface area contributed by atoms with Gasteiger partial charge in [0.15, 0.2) is 0 Å². The Morgan fingerprint density at radius 2 is 1.95 bits per heavy atom. The van der Waals surface area contributed by atoms with E-state index < -0.39 is 10.0 Å². The lowest BCUT2D eigenvalue weighted by molar-refractivity contribution is 0.414. The number of benzene rings is 2. The predicted octanol–water partition coefficient (Wildman–Crippen LogP) is 3.63. The van der Waals surface area contributed by atoms with Gasteiger partial charge in [-0.15, -0.1) is 0 Å². The van der Waals surface area contributed by atoms with E-state index >= 15 is 0 Å². The molecule has 0 amide bonds. The maximum absolute atomic E-state index is 12.4. The first kappa shape index (κ1) is 14.7. The Labute approximate surface area is 132 Å². The Morgan fingerprint density at radius 3 is 2.68 bits per heavy atom. The number of fused-ring (bicyclic) bond motifs is 1. The lowest BCUT2D eigenvalue weighted by atomic mass is 10.2. The molecule has 0 aliphatic carbocycles. The molecule has 0 aliphatic rings. The van der Waals surface area contributed by atoms with Gasteiger partial charge in [0, 0.05) is 11.7 Å². The summed E-state index contributed by atoms with van der Waals surface area (Å²) in [5, 5.41) is 1.25. The third-order valence-corrected chi connectivity index (χ3v) is 4.92. The van der Waals surface area contributed by atoms with Crippen LogP contribution in [-0.2, 0) is 10.0 Å². The standard InChI is InChI=1S/C15H13ClN2O3S/c1-21-15-5-4-12(9-13(15)16)22(19,20)18-11-3-2-10-6-7-17-14(10)8-11/h2-9,17-18H,1H3. The van der Waals surface area contributed by atoms with E-state index in [1.165, 1.54) is 25.3 Å². The zero-order chi connectivity index (χ0) is 15.7.